The van der Waals surface area contributed by atoms with Crippen molar-refractivity contribution in [2.24, 2.45) is 0 Å². The topological polar surface area (TPSA) is 102 Å². The fraction of sp³-hybridized carbons (Fsp3) is 0.417. The van der Waals surface area contributed by atoms with Gasteiger partial charge in [-0.2, -0.15) is 21.0 Å². The Morgan fingerprint density at radius 1 is 0.500 bits per heavy atom. The van der Waals surface area contributed by atoms with Crippen LogP contribution in [0.5, 0.6) is 0 Å². The van der Waals surface area contributed by atoms with E-state index in [-0.39, 0.29) is 11.1 Å². The minimum Gasteiger partial charge on any atom is -0.370 e. The Morgan fingerprint density at radius 3 is 1.06 bits per heavy atom. The summed E-state index contributed by atoms with van der Waals surface area (Å²) in [5, 5.41) is 38.3. The average molecular weight is 521 g/mol. The van der Waals surface area contributed by atoms with Crippen LogP contribution in [0.4, 0.5) is 11.4 Å². The molecule has 6 nitrogen and oxygen atoms in total. The predicted molar refractivity (Wildman–Crippen MR) is 139 cm³/mol. The van der Waals surface area contributed by atoms with Gasteiger partial charge in [0.05, 0.1) is 39.4 Å². The van der Waals surface area contributed by atoms with Gasteiger partial charge in [-0.1, -0.05) is 47.0 Å². The minimum atomic E-state index is 0.165. The molecule has 4 heterocycles. The number of fused-ring (bicyclic) bond motifs is 2. The molecule has 2 saturated heterocycles. The van der Waals surface area contributed by atoms with Crippen LogP contribution in [0.1, 0.15) is 38.5 Å². The van der Waals surface area contributed by atoms with Crippen molar-refractivity contribution < 1.29 is 0 Å². The molecule has 1 aromatic rings. The van der Waals surface area contributed by atoms with E-state index in [1.54, 1.807) is 0 Å². The van der Waals surface area contributed by atoms with Crippen molar-refractivity contribution in [3.05, 3.63) is 19.6 Å². The first-order chi connectivity index (χ1) is 16.7. The predicted octanol–water partition coefficient (Wildman–Crippen LogP) is 6.58. The molecule has 4 aliphatic heterocycles. The summed E-state index contributed by atoms with van der Waals surface area (Å²) >= 11 is 6.16. The number of benzene rings is 1. The summed E-state index contributed by atoms with van der Waals surface area (Å²) in [5.74, 6) is 0. The lowest BCUT2D eigenvalue weighted by atomic mass is 10.1. The molecule has 0 spiro atoms. The lowest BCUT2D eigenvalue weighted by Crippen LogP contribution is -2.32. The van der Waals surface area contributed by atoms with Crippen LogP contribution in [0.3, 0.4) is 0 Å². The van der Waals surface area contributed by atoms with E-state index in [9.17, 15) is 21.0 Å². The van der Waals surface area contributed by atoms with Gasteiger partial charge in [-0.05, 0) is 38.5 Å². The Hall–Kier alpha value is -2.34. The molecule has 10 heteroatoms. The van der Waals surface area contributed by atoms with E-state index in [2.05, 4.69) is 34.1 Å². The molecule has 1 aromatic carbocycles. The normalized spacial score (nSPS) is 18.9. The van der Waals surface area contributed by atoms with Crippen LogP contribution in [0.25, 0.3) is 0 Å². The molecule has 34 heavy (non-hydrogen) atoms. The summed E-state index contributed by atoms with van der Waals surface area (Å²) in [6.07, 6.45) is 6.94. The highest BCUT2D eigenvalue weighted by Crippen LogP contribution is 2.68. The van der Waals surface area contributed by atoms with Crippen molar-refractivity contribution in [1.29, 1.82) is 21.0 Å². The summed E-state index contributed by atoms with van der Waals surface area (Å²) in [7, 11) is 0. The zero-order chi connectivity index (χ0) is 23.7. The summed E-state index contributed by atoms with van der Waals surface area (Å²) < 4.78 is 1.50. The molecule has 2 fully saturated rings. The third-order valence-electron chi connectivity index (χ3n) is 6.25. The Kier molecular flexibility index (Phi) is 6.96. The minimum absolute atomic E-state index is 0.165. The second-order valence-electron chi connectivity index (χ2n) is 8.29. The van der Waals surface area contributed by atoms with Gasteiger partial charge in [0.1, 0.15) is 35.4 Å². The molecule has 0 aromatic heterocycles. The van der Waals surface area contributed by atoms with Crippen LogP contribution in [0, 0.1) is 45.3 Å². The van der Waals surface area contributed by atoms with E-state index in [0.29, 0.717) is 0 Å². The Morgan fingerprint density at radius 2 is 0.794 bits per heavy atom. The van der Waals surface area contributed by atoms with Gasteiger partial charge in [0.25, 0.3) is 0 Å². The second kappa shape index (κ2) is 10.1. The van der Waals surface area contributed by atoms with Gasteiger partial charge < -0.3 is 9.80 Å². The van der Waals surface area contributed by atoms with Gasteiger partial charge in [0.2, 0.25) is 0 Å². The van der Waals surface area contributed by atoms with Crippen molar-refractivity contribution in [3.8, 4) is 24.3 Å². The zero-order valence-electron chi connectivity index (χ0n) is 18.4. The third-order valence-corrected chi connectivity index (χ3v) is 11.5. The van der Waals surface area contributed by atoms with E-state index in [1.807, 2.05) is 0 Å². The van der Waals surface area contributed by atoms with Crippen molar-refractivity contribution in [3.63, 3.8) is 0 Å². The number of hydrogen-bond acceptors (Lipinski definition) is 10. The van der Waals surface area contributed by atoms with E-state index < -0.39 is 0 Å². The summed E-state index contributed by atoms with van der Waals surface area (Å²) in [5.41, 5.74) is 2.63. The molecule has 0 aliphatic carbocycles. The van der Waals surface area contributed by atoms with E-state index in [1.165, 1.54) is 59.9 Å². The molecule has 0 atom stereocenters. The first-order valence-corrected chi connectivity index (χ1v) is 14.5. The molecular weight excluding hydrogens is 501 g/mol. The first-order valence-electron chi connectivity index (χ1n) is 11.2. The maximum Gasteiger partial charge on any atom is 0.150 e. The maximum absolute atomic E-state index is 9.56. The molecule has 0 N–H and O–H groups in total. The van der Waals surface area contributed by atoms with Crippen LogP contribution in [0.2, 0.25) is 0 Å². The third kappa shape index (κ3) is 4.04. The number of hydrogen-bond donors (Lipinski definition) is 0. The highest BCUT2D eigenvalue weighted by Gasteiger charge is 2.40. The van der Waals surface area contributed by atoms with Gasteiger partial charge in [-0.25, -0.2) is 0 Å². The number of rotatable bonds is 2. The lowest BCUT2D eigenvalue weighted by Gasteiger charge is -2.35. The molecule has 0 bridgehead atoms. The van der Waals surface area contributed by atoms with Gasteiger partial charge in [-0.3, -0.25) is 0 Å². The molecule has 170 valence electrons. The smallest absolute Gasteiger partial charge is 0.150 e. The molecule has 4 aliphatic rings. The number of nitriles is 4. The summed E-state index contributed by atoms with van der Waals surface area (Å²) in [6, 6.07) is 8.32. The van der Waals surface area contributed by atoms with Gasteiger partial charge in [0.15, 0.2) is 0 Å². The van der Waals surface area contributed by atoms with Crippen molar-refractivity contribution in [1.82, 2.24) is 0 Å². The Bertz CT molecular complexity index is 1100. The Labute approximate surface area is 216 Å². The molecule has 0 unspecified atom stereocenters. The number of allylic oxidation sites excluding steroid dienone is 2. The number of nitrogens with zero attached hydrogens (tertiary/aromatic N) is 6. The largest absolute Gasteiger partial charge is 0.370 e. The second-order valence-corrected chi connectivity index (χ2v) is 12.9. The van der Waals surface area contributed by atoms with Crippen molar-refractivity contribution in [2.45, 2.75) is 58.1 Å². The maximum atomic E-state index is 9.56. The number of thioether (sulfide) groups is 4. The van der Waals surface area contributed by atoms with E-state index >= 15 is 0 Å². The highest BCUT2D eigenvalue weighted by molar-refractivity contribution is 8.26. The average Bonchev–Trinajstić information content (AvgIpc) is 3.50. The molecule has 0 radical (unpaired) electrons. The quantitative estimate of drug-likeness (QED) is 0.397. The monoisotopic (exact) mass is 520 g/mol. The van der Waals surface area contributed by atoms with Crippen LogP contribution in [-0.4, -0.2) is 26.2 Å². The van der Waals surface area contributed by atoms with Crippen LogP contribution in [-0.2, 0) is 0 Å². The summed E-state index contributed by atoms with van der Waals surface area (Å²) in [4.78, 5) is 9.35. The van der Waals surface area contributed by atoms with E-state index in [0.717, 1.165) is 91.3 Å². The van der Waals surface area contributed by atoms with Crippen molar-refractivity contribution in [2.75, 3.05) is 36.0 Å². The SMILES string of the molecule is N#CC(C#N)=C1Sc2c(c(N3CCCCC3)c3c(c2N2CCCCC2)SC(=C(C#N)C#N)S3)S1. The fourth-order valence-corrected chi connectivity index (χ4v) is 10.2. The standard InChI is InChI=1S/C24H20N6S4/c25-11-15(12-26)23-31-19-17(29-7-3-1-4-8-29)20-22(34-24(32-20)16(13-27)14-28)18(21(19)33-23)30-9-5-2-6-10-30/h1-10H2. The van der Waals surface area contributed by atoms with Crippen LogP contribution < -0.4 is 9.80 Å². The zero-order valence-corrected chi connectivity index (χ0v) is 21.7. The fourth-order valence-electron chi connectivity index (χ4n) is 4.67. The lowest BCUT2D eigenvalue weighted by molar-refractivity contribution is 0.563. The van der Waals surface area contributed by atoms with Gasteiger partial charge >= 0.3 is 0 Å². The number of anilines is 2. The highest BCUT2D eigenvalue weighted by atomic mass is 32.2. The van der Waals surface area contributed by atoms with Crippen LogP contribution in [0.15, 0.2) is 39.2 Å². The molecule has 0 amide bonds. The summed E-state index contributed by atoms with van der Waals surface area (Å²) in [6.45, 7) is 3.85. The van der Waals surface area contributed by atoms with Gasteiger partial charge in [0, 0.05) is 26.2 Å². The Balaban J connectivity index is 1.76. The van der Waals surface area contributed by atoms with E-state index in [4.69, 9.17) is 0 Å². The van der Waals surface area contributed by atoms with Crippen LogP contribution >= 0.6 is 47.0 Å². The molecule has 0 saturated carbocycles. The first kappa shape index (κ1) is 23.4. The van der Waals surface area contributed by atoms with Crippen molar-refractivity contribution >= 4 is 58.4 Å². The molecular formula is C24H20N6S4. The number of piperidine rings is 2. The molecule has 5 rings (SSSR count). The van der Waals surface area contributed by atoms with Gasteiger partial charge in [-0.15, -0.1) is 0 Å².